The van der Waals surface area contributed by atoms with Crippen molar-refractivity contribution in [3.8, 4) is 5.75 Å². The van der Waals surface area contributed by atoms with Crippen LogP contribution in [0.1, 0.15) is 48.4 Å². The molecular formula is C26H38Cl3N3O3S. The lowest BCUT2D eigenvalue weighted by molar-refractivity contribution is 0.164. The highest BCUT2D eigenvalue weighted by molar-refractivity contribution is 7.89. The van der Waals surface area contributed by atoms with Crippen LogP contribution in [0.4, 0.5) is 0 Å². The fourth-order valence-electron chi connectivity index (χ4n) is 5.13. The van der Waals surface area contributed by atoms with Crippen LogP contribution in [0.15, 0.2) is 42.5 Å². The third kappa shape index (κ3) is 7.50. The molecule has 0 spiro atoms. The minimum Gasteiger partial charge on any atom is -0.494 e. The third-order valence-corrected chi connectivity index (χ3v) is 8.82. The molecule has 1 heterocycles. The average Bonchev–Trinajstić information content (AvgIpc) is 2.77. The first-order valence-corrected chi connectivity index (χ1v) is 14.2. The van der Waals surface area contributed by atoms with Gasteiger partial charge in [-0.15, -0.1) is 24.8 Å². The van der Waals surface area contributed by atoms with Crippen molar-refractivity contribution in [2.75, 3.05) is 46.1 Å². The number of hydrogen-bond acceptors (Lipinski definition) is 5. The molecule has 0 amide bonds. The van der Waals surface area contributed by atoms with Crippen molar-refractivity contribution in [3.63, 3.8) is 0 Å². The van der Waals surface area contributed by atoms with Gasteiger partial charge in [0.25, 0.3) is 0 Å². The standard InChI is InChI=1S/C26H36ClN3O3S.2ClH/c1-30(2)16-15-29-34(31,32)18-4-17-33-23-10-5-20-11-14-28-25(24(20)19-23)26(12-3-13-26)21-6-8-22(27)9-7-21;;/h5-10,19,25,28-29H,3-4,11-18H2,1-2H3;2*1H. The van der Waals surface area contributed by atoms with Gasteiger partial charge in [-0.2, -0.15) is 0 Å². The summed E-state index contributed by atoms with van der Waals surface area (Å²) in [6.07, 6.45) is 4.97. The molecule has 4 rings (SSSR count). The van der Waals surface area contributed by atoms with E-state index in [0.29, 0.717) is 26.1 Å². The van der Waals surface area contributed by atoms with Gasteiger partial charge in [0.1, 0.15) is 5.75 Å². The van der Waals surface area contributed by atoms with Crippen molar-refractivity contribution in [3.05, 3.63) is 64.2 Å². The molecular weight excluding hydrogens is 541 g/mol. The monoisotopic (exact) mass is 577 g/mol. The maximum atomic E-state index is 12.2. The quantitative estimate of drug-likeness (QED) is 0.377. The van der Waals surface area contributed by atoms with E-state index in [0.717, 1.165) is 36.6 Å². The average molecular weight is 579 g/mol. The molecule has 1 unspecified atom stereocenters. The molecule has 36 heavy (non-hydrogen) atoms. The molecule has 2 aliphatic rings. The molecule has 2 N–H and O–H groups in total. The van der Waals surface area contributed by atoms with Gasteiger partial charge in [-0.25, -0.2) is 13.1 Å². The summed E-state index contributed by atoms with van der Waals surface area (Å²) in [4.78, 5) is 1.95. The van der Waals surface area contributed by atoms with Crippen LogP contribution in [-0.4, -0.2) is 59.4 Å². The second-order valence-electron chi connectivity index (χ2n) is 9.73. The lowest BCUT2D eigenvalue weighted by atomic mass is 9.58. The molecule has 202 valence electrons. The summed E-state index contributed by atoms with van der Waals surface area (Å²) >= 11 is 6.16. The van der Waals surface area contributed by atoms with Crippen molar-refractivity contribution in [2.45, 2.75) is 43.6 Å². The van der Waals surface area contributed by atoms with E-state index in [2.05, 4.69) is 34.3 Å². The van der Waals surface area contributed by atoms with E-state index >= 15 is 0 Å². The van der Waals surface area contributed by atoms with E-state index in [1.165, 1.54) is 23.1 Å². The lowest BCUT2D eigenvalue weighted by Gasteiger charge is -2.50. The highest BCUT2D eigenvalue weighted by atomic mass is 35.5. The van der Waals surface area contributed by atoms with E-state index in [4.69, 9.17) is 16.3 Å². The second kappa shape index (κ2) is 13.7. The number of nitrogens with zero attached hydrogens (tertiary/aromatic N) is 1. The molecule has 10 heteroatoms. The maximum Gasteiger partial charge on any atom is 0.211 e. The molecule has 0 aromatic heterocycles. The Kier molecular flexibility index (Phi) is 11.8. The summed E-state index contributed by atoms with van der Waals surface area (Å²) in [6, 6.07) is 14.9. The molecule has 1 aliphatic carbocycles. The molecule has 0 radical (unpaired) electrons. The van der Waals surface area contributed by atoms with Crippen LogP contribution in [0.3, 0.4) is 0 Å². The number of likely N-dealkylation sites (N-methyl/N-ethyl adjacent to an activating group) is 1. The number of halogens is 3. The summed E-state index contributed by atoms with van der Waals surface area (Å²) in [5.74, 6) is 0.867. The Balaban J connectivity index is 0.00000228. The third-order valence-electron chi connectivity index (χ3n) is 7.10. The molecule has 0 bridgehead atoms. The van der Waals surface area contributed by atoms with Crippen molar-refractivity contribution < 1.29 is 13.2 Å². The van der Waals surface area contributed by atoms with Crippen LogP contribution in [0.5, 0.6) is 5.75 Å². The fourth-order valence-corrected chi connectivity index (χ4v) is 6.30. The zero-order valence-electron chi connectivity index (χ0n) is 21.0. The largest absolute Gasteiger partial charge is 0.494 e. The van der Waals surface area contributed by atoms with Gasteiger partial charge in [0.05, 0.1) is 12.4 Å². The Morgan fingerprint density at radius 3 is 2.50 bits per heavy atom. The number of hydrogen-bond donors (Lipinski definition) is 2. The summed E-state index contributed by atoms with van der Waals surface area (Å²) in [5, 5.41) is 4.56. The van der Waals surface area contributed by atoms with Gasteiger partial charge < -0.3 is 15.0 Å². The Morgan fingerprint density at radius 2 is 1.86 bits per heavy atom. The first-order chi connectivity index (χ1) is 16.3. The van der Waals surface area contributed by atoms with E-state index in [9.17, 15) is 8.42 Å². The van der Waals surface area contributed by atoms with E-state index in [1.54, 1.807) is 0 Å². The van der Waals surface area contributed by atoms with Crippen LogP contribution in [-0.2, 0) is 21.9 Å². The van der Waals surface area contributed by atoms with E-state index < -0.39 is 10.0 Å². The Labute approximate surface area is 233 Å². The molecule has 1 fully saturated rings. The van der Waals surface area contributed by atoms with Crippen molar-refractivity contribution >= 4 is 46.4 Å². The molecule has 1 aliphatic heterocycles. The fraction of sp³-hybridized carbons (Fsp3) is 0.538. The zero-order valence-corrected chi connectivity index (χ0v) is 24.2. The zero-order chi connectivity index (χ0) is 24.2. The van der Waals surface area contributed by atoms with Gasteiger partial charge in [-0.05, 0) is 87.3 Å². The number of benzene rings is 2. The van der Waals surface area contributed by atoms with Crippen LogP contribution in [0, 0.1) is 0 Å². The van der Waals surface area contributed by atoms with E-state index in [1.807, 2.05) is 37.2 Å². The molecule has 1 atom stereocenters. The second-order valence-corrected chi connectivity index (χ2v) is 12.1. The Bertz CT molecular complexity index is 1080. The first kappa shape index (κ1) is 31.2. The Hall–Kier alpha value is -1.06. The summed E-state index contributed by atoms with van der Waals surface area (Å²) in [5.41, 5.74) is 4.08. The predicted molar refractivity (Wildman–Crippen MR) is 153 cm³/mol. The first-order valence-electron chi connectivity index (χ1n) is 12.2. The van der Waals surface area contributed by atoms with Gasteiger partial charge in [0.2, 0.25) is 10.0 Å². The van der Waals surface area contributed by atoms with Gasteiger partial charge in [0, 0.05) is 29.6 Å². The highest BCUT2D eigenvalue weighted by Crippen LogP contribution is 2.53. The number of nitrogens with one attached hydrogen (secondary N) is 2. The normalized spacial score (nSPS) is 18.4. The minimum absolute atomic E-state index is 0. The van der Waals surface area contributed by atoms with Crippen LogP contribution >= 0.6 is 36.4 Å². The topological polar surface area (TPSA) is 70.7 Å². The number of rotatable bonds is 11. The molecule has 2 aromatic carbocycles. The maximum absolute atomic E-state index is 12.2. The van der Waals surface area contributed by atoms with Crippen LogP contribution in [0.25, 0.3) is 0 Å². The summed E-state index contributed by atoms with van der Waals surface area (Å²) < 4.78 is 33.0. The smallest absolute Gasteiger partial charge is 0.211 e. The number of fused-ring (bicyclic) bond motifs is 1. The molecule has 0 saturated heterocycles. The van der Waals surface area contributed by atoms with Crippen molar-refractivity contribution in [1.82, 2.24) is 14.9 Å². The SMILES string of the molecule is CN(C)CCNS(=O)(=O)CCCOc1ccc2c(c1)C(C1(c3ccc(Cl)cc3)CCC1)NCC2.Cl.Cl. The van der Waals surface area contributed by atoms with Gasteiger partial charge in [0.15, 0.2) is 0 Å². The van der Waals surface area contributed by atoms with Crippen LogP contribution < -0.4 is 14.8 Å². The lowest BCUT2D eigenvalue weighted by Crippen LogP contribution is -2.49. The highest BCUT2D eigenvalue weighted by Gasteiger charge is 2.47. The van der Waals surface area contributed by atoms with Gasteiger partial charge >= 0.3 is 0 Å². The predicted octanol–water partition coefficient (Wildman–Crippen LogP) is 4.74. The summed E-state index contributed by atoms with van der Waals surface area (Å²) in [7, 11) is 0.560. The van der Waals surface area contributed by atoms with Gasteiger partial charge in [-0.1, -0.05) is 36.2 Å². The molecule has 6 nitrogen and oxygen atoms in total. The van der Waals surface area contributed by atoms with Crippen molar-refractivity contribution in [1.29, 1.82) is 0 Å². The van der Waals surface area contributed by atoms with Crippen LogP contribution in [0.2, 0.25) is 5.02 Å². The summed E-state index contributed by atoms with van der Waals surface area (Å²) in [6.45, 7) is 2.43. The molecule has 1 saturated carbocycles. The Morgan fingerprint density at radius 1 is 1.14 bits per heavy atom. The van der Waals surface area contributed by atoms with Crippen molar-refractivity contribution in [2.24, 2.45) is 0 Å². The number of ether oxygens (including phenoxy) is 1. The molecule has 2 aromatic rings. The van der Waals surface area contributed by atoms with E-state index in [-0.39, 0.29) is 42.0 Å². The number of sulfonamides is 1. The van der Waals surface area contributed by atoms with Gasteiger partial charge in [-0.3, -0.25) is 0 Å². The minimum atomic E-state index is -3.28.